The van der Waals surface area contributed by atoms with Gasteiger partial charge in [-0.1, -0.05) is 24.3 Å². The van der Waals surface area contributed by atoms with Crippen LogP contribution in [0.2, 0.25) is 3.67 Å². The molecular formula is C12H15NaO3S. The molecule has 0 radical (unpaired) electrons. The van der Waals surface area contributed by atoms with Gasteiger partial charge in [0.1, 0.15) is 0 Å². The first-order valence-corrected chi connectivity index (χ1v) is 8.07. The molecule has 0 atom stereocenters. The topological polar surface area (TPSA) is 43.4 Å². The van der Waals surface area contributed by atoms with Crippen LogP contribution in [0.1, 0.15) is 0 Å². The van der Waals surface area contributed by atoms with Gasteiger partial charge in [-0.2, -0.15) is 8.42 Å². The van der Waals surface area contributed by atoms with Gasteiger partial charge in [0.05, 0.1) is 11.5 Å². The van der Waals surface area contributed by atoms with Gasteiger partial charge in [0.25, 0.3) is 10.1 Å². The number of rotatable bonds is 5. The molecule has 0 bridgehead atoms. The summed E-state index contributed by atoms with van der Waals surface area (Å²) in [6, 6.07) is 8.00. The van der Waals surface area contributed by atoms with Crippen LogP contribution in [0, 0.1) is 0 Å². The Labute approximate surface area is 121 Å². The minimum absolute atomic E-state index is 0.00275. The van der Waals surface area contributed by atoms with Crippen molar-refractivity contribution in [1.82, 2.24) is 0 Å². The van der Waals surface area contributed by atoms with Gasteiger partial charge in [-0.15, -0.1) is 6.58 Å². The fraction of sp³-hybridized carbons (Fsp3) is 0.167. The van der Waals surface area contributed by atoms with E-state index in [9.17, 15) is 8.42 Å². The SMILES string of the molecule is C=CCOS(=O)(=O)c1ccccc1.C=C[CH2][Na]. The standard InChI is InChI=1S/C9H10O3S.C3H5.Na/c1-2-8-12-13(10,11)9-6-4-3-5-7-9;1-3-2;/h2-7H,1,8H2;3H,1-2H2;. The molecule has 17 heavy (non-hydrogen) atoms. The Hall–Kier alpha value is -0.390. The molecule has 5 heteroatoms. The molecule has 0 saturated heterocycles. The van der Waals surface area contributed by atoms with Gasteiger partial charge in [-0.25, -0.2) is 0 Å². The normalized spacial score (nSPS) is 10.0. The first-order valence-electron chi connectivity index (χ1n) is 5.24. The van der Waals surface area contributed by atoms with Crippen LogP contribution in [0.5, 0.6) is 0 Å². The third-order valence-corrected chi connectivity index (χ3v) is 3.53. The van der Waals surface area contributed by atoms with E-state index in [0.717, 1.165) is 0 Å². The molecule has 88 valence electrons. The van der Waals surface area contributed by atoms with E-state index in [1.165, 1.54) is 49.8 Å². The van der Waals surface area contributed by atoms with Crippen molar-refractivity contribution in [3.05, 3.63) is 55.6 Å². The molecule has 0 spiro atoms. The van der Waals surface area contributed by atoms with Crippen LogP contribution >= 0.6 is 0 Å². The molecule has 0 N–H and O–H groups in total. The Morgan fingerprint density at radius 2 is 1.71 bits per heavy atom. The monoisotopic (exact) mass is 262 g/mol. The molecule has 1 rings (SSSR count). The Morgan fingerprint density at radius 3 is 2.12 bits per heavy atom. The van der Waals surface area contributed by atoms with Crippen molar-refractivity contribution in [2.75, 3.05) is 6.61 Å². The van der Waals surface area contributed by atoms with Crippen LogP contribution < -0.4 is 0 Å². The first-order chi connectivity index (χ1) is 8.08. The van der Waals surface area contributed by atoms with Gasteiger partial charge in [0.15, 0.2) is 0 Å². The maximum atomic E-state index is 11.3. The van der Waals surface area contributed by atoms with E-state index >= 15 is 0 Å². The zero-order valence-electron chi connectivity index (χ0n) is 10.0. The quantitative estimate of drug-likeness (QED) is 0.465. The van der Waals surface area contributed by atoms with Gasteiger partial charge >= 0.3 is 44.3 Å². The summed E-state index contributed by atoms with van der Waals surface area (Å²) in [4.78, 5) is 0.164. The second kappa shape index (κ2) is 9.62. The van der Waals surface area contributed by atoms with Crippen molar-refractivity contribution in [2.45, 2.75) is 8.57 Å². The first kappa shape index (κ1) is 16.6. The zero-order valence-corrected chi connectivity index (χ0v) is 12.8. The predicted molar refractivity (Wildman–Crippen MR) is 70.5 cm³/mol. The van der Waals surface area contributed by atoms with E-state index in [4.69, 9.17) is 0 Å². The van der Waals surface area contributed by atoms with Gasteiger partial charge < -0.3 is 0 Å². The second-order valence-electron chi connectivity index (χ2n) is 3.04. The molecule has 3 nitrogen and oxygen atoms in total. The Morgan fingerprint density at radius 1 is 1.18 bits per heavy atom. The fourth-order valence-corrected chi connectivity index (χ4v) is 1.69. The van der Waals surface area contributed by atoms with Crippen molar-refractivity contribution < 1.29 is 12.6 Å². The van der Waals surface area contributed by atoms with E-state index in [0.29, 0.717) is 0 Å². The average Bonchev–Trinajstić information content (AvgIpc) is 2.38. The van der Waals surface area contributed by atoms with Gasteiger partial charge in [0, 0.05) is 0 Å². The molecule has 0 fully saturated rings. The minimum atomic E-state index is -3.59. The molecule has 0 aromatic heterocycles. The Balaban J connectivity index is 0.000000557. The molecule has 0 aliphatic heterocycles. The summed E-state index contributed by atoms with van der Waals surface area (Å²) >= 11 is 1.27. The average molecular weight is 262 g/mol. The predicted octanol–water partition coefficient (Wildman–Crippen LogP) is 2.34. The summed E-state index contributed by atoms with van der Waals surface area (Å²) in [7, 11) is -3.59. The summed E-state index contributed by atoms with van der Waals surface area (Å²) < 4.78 is 28.5. The van der Waals surface area contributed by atoms with Crippen molar-refractivity contribution in [2.24, 2.45) is 0 Å². The number of hydrogen-bond acceptors (Lipinski definition) is 3. The van der Waals surface area contributed by atoms with Gasteiger partial charge in [-0.3, -0.25) is 4.18 Å². The number of allylic oxidation sites excluding steroid dienone is 1. The Kier molecular flexibility index (Phi) is 9.40. The van der Waals surface area contributed by atoms with Crippen LogP contribution in [-0.4, -0.2) is 43.0 Å². The number of hydrogen-bond donors (Lipinski definition) is 0. The molecule has 0 unspecified atom stereocenters. The zero-order chi connectivity index (χ0) is 13.1. The van der Waals surface area contributed by atoms with Crippen LogP contribution in [0.15, 0.2) is 60.5 Å². The van der Waals surface area contributed by atoms with Gasteiger partial charge in [-0.05, 0) is 12.1 Å². The van der Waals surface area contributed by atoms with Crippen LogP contribution in [0.3, 0.4) is 0 Å². The summed E-state index contributed by atoms with van der Waals surface area (Å²) in [6.45, 7) is 6.88. The van der Waals surface area contributed by atoms with E-state index in [-0.39, 0.29) is 11.5 Å². The summed E-state index contributed by atoms with van der Waals surface area (Å²) in [5.74, 6) is 0. The van der Waals surface area contributed by atoms with Crippen molar-refractivity contribution >= 4 is 38.0 Å². The summed E-state index contributed by atoms with van der Waals surface area (Å²) in [6.07, 6.45) is 3.33. The molecule has 1 aromatic carbocycles. The third kappa shape index (κ3) is 7.52. The van der Waals surface area contributed by atoms with Crippen LogP contribution in [-0.2, 0) is 14.3 Å². The molecule has 0 amide bonds. The molecule has 0 heterocycles. The molecule has 0 saturated carbocycles. The van der Waals surface area contributed by atoms with Crippen molar-refractivity contribution in [1.29, 1.82) is 0 Å². The third-order valence-electron chi connectivity index (χ3n) is 1.66. The van der Waals surface area contributed by atoms with Crippen LogP contribution in [0.25, 0.3) is 0 Å². The van der Waals surface area contributed by atoms with E-state index in [2.05, 4.69) is 17.3 Å². The van der Waals surface area contributed by atoms with E-state index in [1.54, 1.807) is 18.2 Å². The van der Waals surface area contributed by atoms with Crippen molar-refractivity contribution in [3.8, 4) is 0 Å². The fourth-order valence-electron chi connectivity index (χ4n) is 0.793. The molecular weight excluding hydrogens is 247 g/mol. The Bertz CT molecular complexity index is 426. The second-order valence-corrected chi connectivity index (χ2v) is 5.47. The molecule has 1 aromatic rings. The van der Waals surface area contributed by atoms with E-state index in [1.807, 2.05) is 6.08 Å². The summed E-state index contributed by atoms with van der Waals surface area (Å²) in [5, 5.41) is 0. The number of benzene rings is 1. The molecule has 0 aliphatic carbocycles. The van der Waals surface area contributed by atoms with Crippen molar-refractivity contribution in [3.63, 3.8) is 0 Å². The maximum absolute atomic E-state index is 11.3. The van der Waals surface area contributed by atoms with E-state index < -0.39 is 10.1 Å². The summed E-state index contributed by atoms with van der Waals surface area (Å²) in [5.41, 5.74) is 0. The van der Waals surface area contributed by atoms with Crippen LogP contribution in [0.4, 0.5) is 0 Å². The molecule has 0 aliphatic rings. The van der Waals surface area contributed by atoms with Gasteiger partial charge in [0.2, 0.25) is 0 Å².